The minimum Gasteiger partial charge on any atom is -0.480 e. The lowest BCUT2D eigenvalue weighted by Gasteiger charge is -2.22. The van der Waals surface area contributed by atoms with Gasteiger partial charge >= 0.3 is 11.9 Å². The molecule has 3 rings (SSSR count). The number of pyridine rings is 1. The van der Waals surface area contributed by atoms with E-state index in [1.54, 1.807) is 18.2 Å². The normalized spacial score (nSPS) is 21.7. The summed E-state index contributed by atoms with van der Waals surface area (Å²) in [7, 11) is 0. The van der Waals surface area contributed by atoms with Crippen molar-refractivity contribution in [2.24, 2.45) is 0 Å². The van der Waals surface area contributed by atoms with Gasteiger partial charge in [-0.15, -0.1) is 0 Å². The molecule has 0 aliphatic carbocycles. The van der Waals surface area contributed by atoms with Gasteiger partial charge in [-0.3, -0.25) is 14.6 Å². The maximum Gasteiger partial charge on any atom is 0.326 e. The molecule has 2 aliphatic rings. The van der Waals surface area contributed by atoms with E-state index >= 15 is 0 Å². The van der Waals surface area contributed by atoms with Crippen LogP contribution in [0, 0.1) is 0 Å². The van der Waals surface area contributed by atoms with Crippen LogP contribution >= 0.6 is 0 Å². The number of nitrogens with zero attached hydrogens (tertiary/aromatic N) is 3. The number of aromatic nitrogens is 1. The number of carboxylic acids is 2. The van der Waals surface area contributed by atoms with Gasteiger partial charge in [-0.1, -0.05) is 6.07 Å². The Hall–Kier alpha value is -2.97. The molecule has 2 atom stereocenters. The van der Waals surface area contributed by atoms with Crippen LogP contribution in [0.3, 0.4) is 0 Å². The first-order valence-corrected chi connectivity index (χ1v) is 9.36. The summed E-state index contributed by atoms with van der Waals surface area (Å²) in [5, 5.41) is 18.4. The van der Waals surface area contributed by atoms with Gasteiger partial charge in [0.2, 0.25) is 11.8 Å². The number of amides is 2. The van der Waals surface area contributed by atoms with Gasteiger partial charge in [0, 0.05) is 13.1 Å². The van der Waals surface area contributed by atoms with Crippen molar-refractivity contribution in [3.05, 3.63) is 29.6 Å². The fraction of sp³-hybridized carbons (Fsp3) is 0.526. The van der Waals surface area contributed by atoms with Crippen LogP contribution in [0.4, 0.5) is 0 Å². The van der Waals surface area contributed by atoms with Crippen LogP contribution in [0.1, 0.15) is 37.1 Å². The van der Waals surface area contributed by atoms with E-state index in [0.29, 0.717) is 50.2 Å². The zero-order valence-electron chi connectivity index (χ0n) is 15.4. The van der Waals surface area contributed by atoms with Crippen molar-refractivity contribution in [3.8, 4) is 0 Å². The van der Waals surface area contributed by atoms with Crippen LogP contribution in [-0.4, -0.2) is 73.9 Å². The Morgan fingerprint density at radius 3 is 1.68 bits per heavy atom. The van der Waals surface area contributed by atoms with Crippen molar-refractivity contribution < 1.29 is 29.4 Å². The molecule has 28 heavy (non-hydrogen) atoms. The maximum atomic E-state index is 12.5. The number of carbonyl (C=O) groups is 4. The lowest BCUT2D eigenvalue weighted by Crippen LogP contribution is -2.41. The average Bonchev–Trinajstić information content (AvgIpc) is 3.31. The number of hydrogen-bond acceptors (Lipinski definition) is 5. The molecular weight excluding hydrogens is 366 g/mol. The summed E-state index contributed by atoms with van der Waals surface area (Å²) in [5.74, 6) is -2.61. The Labute approximate surface area is 162 Å². The van der Waals surface area contributed by atoms with Crippen LogP contribution in [0.5, 0.6) is 0 Å². The standard InChI is InChI=1S/C19H23N3O6/c23-16(21-8-2-6-14(21)18(25)26)10-12-4-1-5-13(20-12)11-17(24)22-9-3-7-15(22)19(27)28/h1,4-5,14-15H,2-3,6-11H2,(H,25,26)(H,27,28). The molecule has 1 aromatic heterocycles. The highest BCUT2D eigenvalue weighted by molar-refractivity contribution is 5.86. The number of rotatable bonds is 6. The van der Waals surface area contributed by atoms with Crippen molar-refractivity contribution in [3.63, 3.8) is 0 Å². The van der Waals surface area contributed by atoms with Crippen LogP contribution < -0.4 is 0 Å². The predicted octanol–water partition coefficient (Wildman–Crippen LogP) is 0.318. The van der Waals surface area contributed by atoms with Crippen LogP contribution in [-0.2, 0) is 32.0 Å². The minimum absolute atomic E-state index is 0.0344. The molecule has 0 radical (unpaired) electrons. The van der Waals surface area contributed by atoms with E-state index in [2.05, 4.69) is 4.98 Å². The monoisotopic (exact) mass is 389 g/mol. The third-order valence-corrected chi connectivity index (χ3v) is 5.25. The van der Waals surface area contributed by atoms with Crippen LogP contribution in [0.25, 0.3) is 0 Å². The van der Waals surface area contributed by atoms with Gasteiger partial charge in [-0.05, 0) is 37.8 Å². The van der Waals surface area contributed by atoms with Gasteiger partial charge in [0.05, 0.1) is 24.2 Å². The number of aliphatic carboxylic acids is 2. The molecule has 0 bridgehead atoms. The van der Waals surface area contributed by atoms with Crippen molar-refractivity contribution in [2.75, 3.05) is 13.1 Å². The first-order chi connectivity index (χ1) is 13.4. The summed E-state index contributed by atoms with van der Waals surface area (Å²) in [6, 6.07) is 3.43. The van der Waals surface area contributed by atoms with Gasteiger partial charge in [0.25, 0.3) is 0 Å². The molecule has 2 saturated heterocycles. The topological polar surface area (TPSA) is 128 Å². The van der Waals surface area contributed by atoms with Gasteiger partial charge in [0.15, 0.2) is 0 Å². The molecule has 2 N–H and O–H groups in total. The number of likely N-dealkylation sites (tertiary alicyclic amines) is 2. The Balaban J connectivity index is 1.64. The van der Waals surface area contributed by atoms with Gasteiger partial charge in [0.1, 0.15) is 12.1 Å². The zero-order chi connectivity index (χ0) is 20.3. The molecule has 0 saturated carbocycles. The summed E-state index contributed by atoms with van der Waals surface area (Å²) in [4.78, 5) is 54.5. The van der Waals surface area contributed by atoms with Crippen molar-refractivity contribution >= 4 is 23.8 Å². The second-order valence-corrected chi connectivity index (χ2v) is 7.14. The van der Waals surface area contributed by atoms with Crippen LogP contribution in [0.15, 0.2) is 18.2 Å². The summed E-state index contributed by atoms with van der Waals surface area (Å²) in [6.07, 6.45) is 2.14. The molecular formula is C19H23N3O6. The van der Waals surface area contributed by atoms with E-state index in [4.69, 9.17) is 0 Å². The largest absolute Gasteiger partial charge is 0.480 e. The van der Waals surface area contributed by atoms with E-state index in [0.717, 1.165) is 0 Å². The molecule has 150 valence electrons. The summed E-state index contributed by atoms with van der Waals surface area (Å²) in [5.41, 5.74) is 0.921. The quantitative estimate of drug-likeness (QED) is 0.717. The Bertz CT molecular complexity index is 734. The first-order valence-electron chi connectivity index (χ1n) is 9.36. The number of hydrogen-bond donors (Lipinski definition) is 2. The highest BCUT2D eigenvalue weighted by atomic mass is 16.4. The lowest BCUT2D eigenvalue weighted by atomic mass is 10.1. The van der Waals surface area contributed by atoms with E-state index in [-0.39, 0.29) is 24.7 Å². The van der Waals surface area contributed by atoms with E-state index in [1.165, 1.54) is 9.80 Å². The smallest absolute Gasteiger partial charge is 0.326 e. The van der Waals surface area contributed by atoms with Crippen molar-refractivity contribution in [1.29, 1.82) is 0 Å². The second kappa shape index (κ2) is 8.37. The minimum atomic E-state index is -1.00. The van der Waals surface area contributed by atoms with Gasteiger partial charge in [-0.25, -0.2) is 9.59 Å². The highest BCUT2D eigenvalue weighted by Gasteiger charge is 2.35. The maximum absolute atomic E-state index is 12.5. The molecule has 9 nitrogen and oxygen atoms in total. The molecule has 3 heterocycles. The third kappa shape index (κ3) is 4.29. The molecule has 2 amide bonds. The molecule has 9 heteroatoms. The first kappa shape index (κ1) is 19.8. The fourth-order valence-electron chi connectivity index (χ4n) is 3.88. The molecule has 0 spiro atoms. The Morgan fingerprint density at radius 2 is 1.29 bits per heavy atom. The molecule has 1 aromatic rings. The van der Waals surface area contributed by atoms with Crippen LogP contribution in [0.2, 0.25) is 0 Å². The number of carboxylic acid groups (broad SMARTS) is 2. The Kier molecular flexibility index (Phi) is 5.91. The average molecular weight is 389 g/mol. The van der Waals surface area contributed by atoms with Gasteiger partial charge in [-0.2, -0.15) is 0 Å². The third-order valence-electron chi connectivity index (χ3n) is 5.25. The van der Waals surface area contributed by atoms with Gasteiger partial charge < -0.3 is 20.0 Å². The summed E-state index contributed by atoms with van der Waals surface area (Å²) in [6.45, 7) is 0.832. The second-order valence-electron chi connectivity index (χ2n) is 7.14. The van der Waals surface area contributed by atoms with Crippen molar-refractivity contribution in [2.45, 2.75) is 50.6 Å². The molecule has 2 fully saturated rings. The predicted molar refractivity (Wildman–Crippen MR) is 96.4 cm³/mol. The van der Waals surface area contributed by atoms with E-state index in [1.807, 2.05) is 0 Å². The lowest BCUT2D eigenvalue weighted by molar-refractivity contribution is -0.148. The Morgan fingerprint density at radius 1 is 0.857 bits per heavy atom. The fourth-order valence-corrected chi connectivity index (χ4v) is 3.88. The zero-order valence-corrected chi connectivity index (χ0v) is 15.4. The number of carbonyl (C=O) groups excluding carboxylic acids is 2. The van der Waals surface area contributed by atoms with Crippen molar-refractivity contribution in [1.82, 2.24) is 14.8 Å². The molecule has 0 aromatic carbocycles. The highest BCUT2D eigenvalue weighted by Crippen LogP contribution is 2.20. The molecule has 2 aliphatic heterocycles. The molecule has 2 unspecified atom stereocenters. The summed E-state index contributed by atoms with van der Waals surface area (Å²) >= 11 is 0. The van der Waals surface area contributed by atoms with E-state index in [9.17, 15) is 29.4 Å². The SMILES string of the molecule is O=C(O)C1CCCN1C(=O)Cc1cccc(CC(=O)N2CCCC2C(=O)O)n1. The summed E-state index contributed by atoms with van der Waals surface area (Å²) < 4.78 is 0. The van der Waals surface area contributed by atoms with E-state index < -0.39 is 24.0 Å².